The molecule has 2 aliphatic rings. The van der Waals surface area contributed by atoms with Gasteiger partial charge in [-0.25, -0.2) is 18.1 Å². The maximum Gasteiger partial charge on any atom is 0.280 e. The first-order valence-corrected chi connectivity index (χ1v) is 19.5. The minimum Gasteiger partial charge on any atom is -0.476 e. The molecule has 0 aliphatic carbocycles. The Morgan fingerprint density at radius 2 is 1.88 bits per heavy atom. The molecule has 2 aromatic rings. The summed E-state index contributed by atoms with van der Waals surface area (Å²) in [6.45, 7) is 17.4. The Morgan fingerprint density at radius 3 is 2.44 bits per heavy atom. The molecular formula is C30H48N7O8PS2. The molecule has 0 aromatic carbocycles. The molecule has 2 saturated heterocycles. The van der Waals surface area contributed by atoms with Gasteiger partial charge in [-0.3, -0.25) is 24.5 Å². The lowest BCUT2D eigenvalue weighted by atomic mass is 10.0. The number of sulfone groups is 1. The highest BCUT2D eigenvalue weighted by molar-refractivity contribution is 7.91. The van der Waals surface area contributed by atoms with Gasteiger partial charge in [-0.15, -0.1) is 0 Å². The van der Waals surface area contributed by atoms with E-state index in [0.29, 0.717) is 25.0 Å². The number of carbonyl (C=O) groups is 1. The Kier molecular flexibility index (Phi) is 12.8. The third kappa shape index (κ3) is 8.97. The van der Waals surface area contributed by atoms with Crippen molar-refractivity contribution in [1.29, 1.82) is 0 Å². The van der Waals surface area contributed by atoms with Crippen LogP contribution in [0.1, 0.15) is 74.0 Å². The van der Waals surface area contributed by atoms with Gasteiger partial charge in [0.15, 0.2) is 28.5 Å². The van der Waals surface area contributed by atoms with E-state index in [2.05, 4.69) is 31.5 Å². The molecule has 2 aliphatic heterocycles. The van der Waals surface area contributed by atoms with E-state index in [1.165, 1.54) is 6.33 Å². The fourth-order valence-electron chi connectivity index (χ4n) is 5.67. The van der Waals surface area contributed by atoms with Gasteiger partial charge in [0.1, 0.15) is 15.9 Å². The third-order valence-electron chi connectivity index (χ3n) is 8.12. The Hall–Kier alpha value is -2.53. The number of rotatable bonds is 14. The van der Waals surface area contributed by atoms with E-state index in [-0.39, 0.29) is 70.1 Å². The van der Waals surface area contributed by atoms with Gasteiger partial charge in [0.05, 0.1) is 30.5 Å². The standard InChI is InChI=1S/C30H48N7O8PS2/c1-9-21-23(45-46(42-14-19(8)31)37(17(4)5)18(6)7)24(44-29(47)20-10-12-48(40,41)13-11-20)28(43-21)36-15-32-22-25(36)33-30(35-27(22)39)34-26(38)16(2)3/h15-18,20-21,23-24,28H,8-14,31H2,1-7H3,(H2,33,34,35,38,39)/t21-,23+,24?,28-,46?/m1/s1. The molecule has 1 amide bonds. The smallest absolute Gasteiger partial charge is 0.280 e. The van der Waals surface area contributed by atoms with Crippen LogP contribution in [0, 0.1) is 11.8 Å². The number of nitrogens with one attached hydrogen (secondary N) is 2. The van der Waals surface area contributed by atoms with Crippen LogP contribution in [-0.4, -0.2) is 92.1 Å². The predicted octanol–water partition coefficient (Wildman–Crippen LogP) is 3.78. The fraction of sp³-hybridized carbons (Fsp3) is 0.700. The van der Waals surface area contributed by atoms with Crippen LogP contribution < -0.4 is 16.6 Å². The number of aromatic nitrogens is 4. The topological polar surface area (TPSA) is 193 Å². The van der Waals surface area contributed by atoms with Gasteiger partial charge in [0, 0.05) is 29.6 Å². The number of aromatic amines is 1. The van der Waals surface area contributed by atoms with Gasteiger partial charge in [0.25, 0.3) is 14.1 Å². The fourth-order valence-corrected chi connectivity index (χ4v) is 9.30. The zero-order valence-electron chi connectivity index (χ0n) is 28.5. The van der Waals surface area contributed by atoms with Crippen LogP contribution in [0.2, 0.25) is 0 Å². The van der Waals surface area contributed by atoms with Crippen LogP contribution in [0.3, 0.4) is 0 Å². The number of amides is 1. The van der Waals surface area contributed by atoms with Gasteiger partial charge >= 0.3 is 0 Å². The maximum atomic E-state index is 13.0. The van der Waals surface area contributed by atoms with Crippen molar-refractivity contribution in [3.8, 4) is 0 Å². The van der Waals surface area contributed by atoms with E-state index in [4.69, 9.17) is 36.5 Å². The summed E-state index contributed by atoms with van der Waals surface area (Å²) < 4.78 is 54.3. The monoisotopic (exact) mass is 729 g/mol. The predicted molar refractivity (Wildman–Crippen MR) is 188 cm³/mol. The molecule has 4 rings (SSSR count). The van der Waals surface area contributed by atoms with Crippen molar-refractivity contribution in [2.45, 2.75) is 104 Å². The zero-order valence-corrected chi connectivity index (χ0v) is 31.1. The van der Waals surface area contributed by atoms with Crippen LogP contribution >= 0.6 is 20.7 Å². The van der Waals surface area contributed by atoms with E-state index in [0.717, 1.165) is 0 Å². The number of thiocarbonyl (C=S) groups is 1. The van der Waals surface area contributed by atoms with Crippen molar-refractivity contribution in [2.75, 3.05) is 23.4 Å². The first-order valence-electron chi connectivity index (χ1n) is 16.2. The summed E-state index contributed by atoms with van der Waals surface area (Å²) in [7, 11) is -4.86. The molecule has 0 saturated carbocycles. The van der Waals surface area contributed by atoms with Crippen LogP contribution in [0.4, 0.5) is 5.95 Å². The van der Waals surface area contributed by atoms with Crippen LogP contribution in [0.25, 0.3) is 11.2 Å². The summed E-state index contributed by atoms with van der Waals surface area (Å²) in [4.78, 5) is 36.9. The third-order valence-corrected chi connectivity index (χ3v) is 12.3. The van der Waals surface area contributed by atoms with Crippen molar-refractivity contribution in [3.05, 3.63) is 29.0 Å². The highest BCUT2D eigenvalue weighted by Crippen LogP contribution is 2.51. The number of nitrogens with two attached hydrogens (primary N) is 1. The van der Waals surface area contributed by atoms with Gasteiger partial charge in [-0.05, 0) is 59.2 Å². The van der Waals surface area contributed by atoms with Crippen molar-refractivity contribution < 1.29 is 31.7 Å². The lowest BCUT2D eigenvalue weighted by Gasteiger charge is -2.38. The lowest BCUT2D eigenvalue weighted by Crippen LogP contribution is -2.41. The molecule has 2 aromatic heterocycles. The van der Waals surface area contributed by atoms with Crippen molar-refractivity contribution in [3.63, 3.8) is 0 Å². The van der Waals surface area contributed by atoms with Crippen molar-refractivity contribution in [2.24, 2.45) is 17.6 Å². The molecule has 2 fully saturated rings. The minimum absolute atomic E-state index is 0.0207. The SMILES string of the molecule is C=C(N)COP(O[C@@H]1C(OC(=S)C2CCS(=O)(=O)CC2)[C@H](n2cnc3c(=O)[nH]c(NC(=O)C(C)C)nc32)O[C@@H]1CC)N(C(C)C)C(C)C. The van der Waals surface area contributed by atoms with Gasteiger partial charge < -0.3 is 24.3 Å². The molecule has 4 N–H and O–H groups in total. The molecular weight excluding hydrogens is 681 g/mol. The van der Waals surface area contributed by atoms with E-state index in [1.54, 1.807) is 18.4 Å². The number of carbonyl (C=O) groups excluding carboxylic acids is 1. The highest BCUT2D eigenvalue weighted by atomic mass is 32.2. The zero-order chi connectivity index (χ0) is 35.5. The molecule has 5 atom stereocenters. The largest absolute Gasteiger partial charge is 0.476 e. The maximum absolute atomic E-state index is 13.0. The van der Waals surface area contributed by atoms with Crippen LogP contribution in [-0.2, 0) is 33.2 Å². The number of anilines is 1. The highest BCUT2D eigenvalue weighted by Gasteiger charge is 2.51. The number of hydrogen-bond donors (Lipinski definition) is 3. The quantitative estimate of drug-likeness (QED) is 0.188. The second-order valence-electron chi connectivity index (χ2n) is 13.0. The lowest BCUT2D eigenvalue weighted by molar-refractivity contribution is -0.118. The number of ether oxygens (including phenoxy) is 2. The molecule has 2 unspecified atom stereocenters. The van der Waals surface area contributed by atoms with Gasteiger partial charge in [-0.2, -0.15) is 4.98 Å². The van der Waals surface area contributed by atoms with Gasteiger partial charge in [0.2, 0.25) is 11.9 Å². The van der Waals surface area contributed by atoms with Crippen molar-refractivity contribution in [1.82, 2.24) is 24.2 Å². The summed E-state index contributed by atoms with van der Waals surface area (Å²) in [6, 6.07) is 0.0796. The Bertz CT molecular complexity index is 1620. The molecule has 0 radical (unpaired) electrons. The van der Waals surface area contributed by atoms with Gasteiger partial charge in [-0.1, -0.05) is 27.4 Å². The van der Waals surface area contributed by atoms with Crippen LogP contribution in [0.5, 0.6) is 0 Å². The molecule has 0 bridgehead atoms. The Labute approximate surface area is 288 Å². The number of imidazole rings is 1. The van der Waals surface area contributed by atoms with Crippen molar-refractivity contribution >= 4 is 58.7 Å². The number of hydrogen-bond acceptors (Lipinski definition) is 13. The Morgan fingerprint density at radius 1 is 1.23 bits per heavy atom. The summed E-state index contributed by atoms with van der Waals surface area (Å²) in [5, 5.41) is 2.89. The number of fused-ring (bicyclic) bond motifs is 1. The number of nitrogens with zero attached hydrogens (tertiary/aromatic N) is 4. The molecule has 4 heterocycles. The summed E-state index contributed by atoms with van der Waals surface area (Å²) >= 11 is 5.80. The van der Waals surface area contributed by atoms with E-state index >= 15 is 0 Å². The molecule has 268 valence electrons. The first-order chi connectivity index (χ1) is 22.5. The number of H-pyrrole nitrogens is 1. The average Bonchev–Trinajstić information content (AvgIpc) is 3.56. The molecule has 0 spiro atoms. The van der Waals surface area contributed by atoms with E-state index in [9.17, 15) is 18.0 Å². The summed E-state index contributed by atoms with van der Waals surface area (Å²) in [5.74, 6) is -0.944. The second-order valence-corrected chi connectivity index (χ2v) is 17.1. The second kappa shape index (κ2) is 16.0. The minimum atomic E-state index is -3.13. The molecule has 18 heteroatoms. The summed E-state index contributed by atoms with van der Waals surface area (Å²) in [5.41, 5.74) is 5.89. The first kappa shape index (κ1) is 38.3. The van der Waals surface area contributed by atoms with Crippen LogP contribution in [0.15, 0.2) is 23.4 Å². The normalized spacial score (nSPS) is 23.7. The summed E-state index contributed by atoms with van der Waals surface area (Å²) in [6.07, 6.45) is -0.437. The van der Waals surface area contributed by atoms with E-state index < -0.39 is 48.5 Å². The average molecular weight is 730 g/mol. The molecule has 48 heavy (non-hydrogen) atoms. The Balaban J connectivity index is 1.78. The van der Waals surface area contributed by atoms with E-state index in [1.807, 2.05) is 34.6 Å². The molecule has 15 nitrogen and oxygen atoms in total.